The lowest BCUT2D eigenvalue weighted by Crippen LogP contribution is -2.26. The summed E-state index contributed by atoms with van der Waals surface area (Å²) in [6.45, 7) is 1.81. The number of amides is 1. The Kier molecular flexibility index (Phi) is 5.29. The minimum Gasteiger partial charge on any atom is -0.497 e. The first-order valence-corrected chi connectivity index (χ1v) is 10.6. The van der Waals surface area contributed by atoms with Gasteiger partial charge >= 0.3 is 0 Å². The number of nitrogens with zero attached hydrogens (tertiary/aromatic N) is 3. The molecule has 5 aromatic rings. The Morgan fingerprint density at radius 2 is 1.82 bits per heavy atom. The van der Waals surface area contributed by atoms with E-state index >= 15 is 0 Å². The van der Waals surface area contributed by atoms with Crippen LogP contribution in [-0.2, 0) is 0 Å². The number of hydrogen-bond donors (Lipinski definition) is 2. The van der Waals surface area contributed by atoms with E-state index in [9.17, 15) is 14.0 Å². The zero-order valence-electron chi connectivity index (χ0n) is 18.4. The summed E-state index contributed by atoms with van der Waals surface area (Å²) >= 11 is 0. The van der Waals surface area contributed by atoms with Gasteiger partial charge in [-0.1, -0.05) is 12.1 Å². The van der Waals surface area contributed by atoms with E-state index in [1.807, 2.05) is 19.1 Å². The molecule has 0 saturated carbocycles. The lowest BCUT2D eigenvalue weighted by molar-refractivity contribution is 0.0940. The Morgan fingerprint density at radius 3 is 2.53 bits per heavy atom. The number of fused-ring (bicyclic) bond motifs is 3. The highest BCUT2D eigenvalue weighted by atomic mass is 19.1. The minimum absolute atomic E-state index is 0.327. The molecule has 3 aromatic carbocycles. The number of ether oxygens (including phenoxy) is 1. The van der Waals surface area contributed by atoms with E-state index in [-0.39, 0.29) is 17.8 Å². The van der Waals surface area contributed by atoms with Gasteiger partial charge in [-0.2, -0.15) is 10.1 Å². The van der Waals surface area contributed by atoms with Gasteiger partial charge in [0.2, 0.25) is 0 Å². The van der Waals surface area contributed by atoms with Crippen LogP contribution in [-0.4, -0.2) is 32.8 Å². The van der Waals surface area contributed by atoms with Gasteiger partial charge in [0.25, 0.3) is 11.5 Å². The smallest absolute Gasteiger partial charge is 0.281 e. The summed E-state index contributed by atoms with van der Waals surface area (Å²) < 4.78 is 20.0. The van der Waals surface area contributed by atoms with Gasteiger partial charge in [0, 0.05) is 11.1 Å². The molecule has 2 N–H and O–H groups in total. The lowest BCUT2D eigenvalue weighted by atomic mass is 10.1. The number of nitrogens with one attached hydrogen (secondary N) is 2. The van der Waals surface area contributed by atoms with Crippen LogP contribution in [0.25, 0.3) is 27.8 Å². The molecule has 0 aliphatic heterocycles. The van der Waals surface area contributed by atoms with E-state index in [1.165, 1.54) is 12.1 Å². The third-order valence-corrected chi connectivity index (χ3v) is 5.71. The largest absolute Gasteiger partial charge is 0.497 e. The fourth-order valence-electron chi connectivity index (χ4n) is 3.83. The standard InChI is InChI=1S/C25H20FN5O3/c1-14(15-3-8-18(26)9-4-15)27-24(32)17-7-12-20-21(13-17)31-23(28-25(20)33)22(29-30-31)16-5-10-19(34-2)11-6-16/h3-14,30H,1-2H3,(H,27,32)/t14-/m1/s1. The number of carbonyl (C=O) groups excluding carboxylic acids is 1. The second kappa shape index (κ2) is 8.43. The average Bonchev–Trinajstić information content (AvgIpc) is 3.28. The molecular formula is C25H20FN5O3. The van der Waals surface area contributed by atoms with Crippen molar-refractivity contribution in [3.8, 4) is 17.0 Å². The minimum atomic E-state index is -0.419. The second-order valence-corrected chi connectivity index (χ2v) is 7.84. The van der Waals surface area contributed by atoms with Crippen LogP contribution >= 0.6 is 0 Å². The van der Waals surface area contributed by atoms with E-state index in [0.29, 0.717) is 33.6 Å². The van der Waals surface area contributed by atoms with Gasteiger partial charge in [-0.25, -0.2) is 14.1 Å². The van der Waals surface area contributed by atoms with Gasteiger partial charge in [0.15, 0.2) is 5.65 Å². The quantitative estimate of drug-likeness (QED) is 0.417. The summed E-state index contributed by atoms with van der Waals surface area (Å²) in [6.07, 6.45) is 0. The monoisotopic (exact) mass is 457 g/mol. The van der Waals surface area contributed by atoms with Crippen LogP contribution in [0, 0.1) is 5.82 Å². The summed E-state index contributed by atoms with van der Waals surface area (Å²) in [5, 5.41) is 10.5. The number of H-pyrrole nitrogens is 1. The molecular weight excluding hydrogens is 437 g/mol. The molecule has 8 nitrogen and oxygen atoms in total. The average molecular weight is 457 g/mol. The summed E-state index contributed by atoms with van der Waals surface area (Å²) in [7, 11) is 1.58. The summed E-state index contributed by atoms with van der Waals surface area (Å²) in [4.78, 5) is 29.9. The molecule has 2 aromatic heterocycles. The Bertz CT molecular complexity index is 1570. The van der Waals surface area contributed by atoms with Gasteiger partial charge < -0.3 is 10.1 Å². The third kappa shape index (κ3) is 3.77. The maximum atomic E-state index is 13.2. The number of halogens is 1. The van der Waals surface area contributed by atoms with Crippen molar-refractivity contribution in [3.63, 3.8) is 0 Å². The van der Waals surface area contributed by atoms with Crippen molar-refractivity contribution in [3.05, 3.63) is 94.0 Å². The topological polar surface area (TPSA) is 101 Å². The molecule has 1 atom stereocenters. The highest BCUT2D eigenvalue weighted by molar-refractivity contribution is 5.98. The van der Waals surface area contributed by atoms with Gasteiger partial charge in [0.1, 0.15) is 17.3 Å². The molecule has 0 aliphatic rings. The SMILES string of the molecule is COc1ccc(-c2n[nH]n3c2nc(=O)c2ccc(C(=O)N[C@H](C)c4ccc(F)cc4)cc23)cc1. The highest BCUT2D eigenvalue weighted by Gasteiger charge is 2.17. The van der Waals surface area contributed by atoms with Gasteiger partial charge in [0.05, 0.1) is 24.1 Å². The Labute approximate surface area is 193 Å². The predicted octanol–water partition coefficient (Wildman–Crippen LogP) is 3.88. The number of hydrogen-bond acceptors (Lipinski definition) is 5. The number of aromatic nitrogens is 4. The van der Waals surface area contributed by atoms with Crippen LogP contribution < -0.4 is 15.6 Å². The second-order valence-electron chi connectivity index (χ2n) is 7.84. The Hall–Kier alpha value is -4.53. The molecule has 2 heterocycles. The first kappa shape index (κ1) is 21.3. The Balaban J connectivity index is 1.53. The first-order valence-electron chi connectivity index (χ1n) is 10.6. The van der Waals surface area contributed by atoms with Crippen molar-refractivity contribution in [2.45, 2.75) is 13.0 Å². The summed E-state index contributed by atoms with van der Waals surface area (Å²) in [5.74, 6) is 0.0322. The number of methoxy groups -OCH3 is 1. The molecule has 34 heavy (non-hydrogen) atoms. The lowest BCUT2D eigenvalue weighted by Gasteiger charge is -2.14. The van der Waals surface area contributed by atoms with Crippen LogP contribution in [0.3, 0.4) is 0 Å². The molecule has 0 fully saturated rings. The van der Waals surface area contributed by atoms with Gasteiger partial charge in [-0.05, 0) is 67.1 Å². The molecule has 0 spiro atoms. The zero-order valence-corrected chi connectivity index (χ0v) is 18.4. The number of carbonyl (C=O) groups is 1. The maximum absolute atomic E-state index is 13.2. The van der Waals surface area contributed by atoms with Crippen molar-refractivity contribution in [1.29, 1.82) is 0 Å². The fraction of sp³-hybridized carbons (Fsp3) is 0.120. The number of aromatic amines is 1. The molecule has 5 rings (SSSR count). The highest BCUT2D eigenvalue weighted by Crippen LogP contribution is 2.25. The van der Waals surface area contributed by atoms with E-state index in [4.69, 9.17) is 4.74 Å². The molecule has 9 heteroatoms. The predicted molar refractivity (Wildman–Crippen MR) is 125 cm³/mol. The van der Waals surface area contributed by atoms with Crippen LogP contribution in [0.4, 0.5) is 4.39 Å². The third-order valence-electron chi connectivity index (χ3n) is 5.71. The van der Waals surface area contributed by atoms with Crippen LogP contribution in [0.5, 0.6) is 5.75 Å². The molecule has 170 valence electrons. The summed E-state index contributed by atoms with van der Waals surface area (Å²) in [6, 6.07) is 17.6. The molecule has 1 amide bonds. The van der Waals surface area contributed by atoms with Crippen molar-refractivity contribution in [1.82, 2.24) is 25.1 Å². The first-order chi connectivity index (χ1) is 16.4. The van der Waals surface area contributed by atoms with Crippen LogP contribution in [0.1, 0.15) is 28.9 Å². The zero-order chi connectivity index (χ0) is 23.8. The maximum Gasteiger partial charge on any atom is 0.281 e. The van der Waals surface area contributed by atoms with Crippen molar-refractivity contribution >= 4 is 22.5 Å². The van der Waals surface area contributed by atoms with Crippen molar-refractivity contribution in [2.24, 2.45) is 0 Å². The van der Waals surface area contributed by atoms with E-state index in [1.54, 1.807) is 54.1 Å². The number of rotatable bonds is 5. The van der Waals surface area contributed by atoms with E-state index in [2.05, 4.69) is 20.6 Å². The molecule has 0 radical (unpaired) electrons. The van der Waals surface area contributed by atoms with Crippen molar-refractivity contribution in [2.75, 3.05) is 7.11 Å². The van der Waals surface area contributed by atoms with E-state index in [0.717, 1.165) is 11.1 Å². The van der Waals surface area contributed by atoms with Crippen molar-refractivity contribution < 1.29 is 13.9 Å². The number of benzene rings is 3. The molecule has 0 saturated heterocycles. The van der Waals surface area contributed by atoms with E-state index < -0.39 is 5.56 Å². The molecule has 0 unspecified atom stereocenters. The molecule has 0 aliphatic carbocycles. The Morgan fingerprint density at radius 1 is 1.09 bits per heavy atom. The summed E-state index contributed by atoms with van der Waals surface area (Å²) in [5.41, 5.74) is 2.80. The molecule has 0 bridgehead atoms. The van der Waals surface area contributed by atoms with Crippen LogP contribution in [0.2, 0.25) is 0 Å². The van der Waals surface area contributed by atoms with Crippen LogP contribution in [0.15, 0.2) is 71.5 Å². The van der Waals surface area contributed by atoms with Gasteiger partial charge in [-0.15, -0.1) is 0 Å². The van der Waals surface area contributed by atoms with Gasteiger partial charge in [-0.3, -0.25) is 9.59 Å². The fourth-order valence-corrected chi connectivity index (χ4v) is 3.83. The normalized spacial score (nSPS) is 12.1.